The monoisotopic (exact) mass is 539 g/mol. The molecule has 0 spiro atoms. The fraction of sp³-hybridized carbons (Fsp3) is 0.839. The molecule has 38 heavy (non-hydrogen) atoms. The molecule has 0 aromatic rings. The van der Waals surface area contributed by atoms with E-state index in [2.05, 4.69) is 19.1 Å². The van der Waals surface area contributed by atoms with Crippen LogP contribution >= 0.6 is 0 Å². The molecule has 0 atom stereocenters. The minimum absolute atomic E-state index is 0.0234. The van der Waals surface area contributed by atoms with E-state index in [0.29, 0.717) is 43.4 Å². The molecule has 0 radical (unpaired) electrons. The Morgan fingerprint density at radius 2 is 0.921 bits per heavy atom. The highest BCUT2D eigenvalue weighted by atomic mass is 16.4. The zero-order valence-corrected chi connectivity index (χ0v) is 24.3. The number of aliphatic carboxylic acids is 3. The average molecular weight is 540 g/mol. The summed E-state index contributed by atoms with van der Waals surface area (Å²) < 4.78 is 0.606. The summed E-state index contributed by atoms with van der Waals surface area (Å²) in [5.41, 5.74) is 0. The first-order valence-electron chi connectivity index (χ1n) is 15.4. The molecular weight excluding hydrogens is 482 g/mol. The maximum absolute atomic E-state index is 11.0. The van der Waals surface area contributed by atoms with Crippen molar-refractivity contribution in [3.05, 3.63) is 12.2 Å². The Morgan fingerprint density at radius 3 is 1.34 bits per heavy atom. The largest absolute Gasteiger partial charge is 0.550 e. The zero-order valence-electron chi connectivity index (χ0n) is 24.3. The van der Waals surface area contributed by atoms with E-state index >= 15 is 0 Å². The van der Waals surface area contributed by atoms with Crippen molar-refractivity contribution in [1.82, 2.24) is 0 Å². The van der Waals surface area contributed by atoms with E-state index in [9.17, 15) is 19.5 Å². The minimum atomic E-state index is -1.08. The van der Waals surface area contributed by atoms with Crippen LogP contribution in [0.3, 0.4) is 0 Å². The molecule has 0 aromatic heterocycles. The van der Waals surface area contributed by atoms with E-state index in [1.165, 1.54) is 70.6 Å². The topological polar surface area (TPSA) is 115 Å². The summed E-state index contributed by atoms with van der Waals surface area (Å²) in [6, 6.07) is 0. The maximum Gasteiger partial charge on any atom is 0.303 e. The lowest BCUT2D eigenvalue weighted by atomic mass is 10.1. The highest BCUT2D eigenvalue weighted by Crippen LogP contribution is 2.18. The normalized spacial score (nSPS) is 11.8. The van der Waals surface area contributed by atoms with Crippen molar-refractivity contribution in [2.24, 2.45) is 0 Å². The molecule has 0 heterocycles. The lowest BCUT2D eigenvalue weighted by molar-refractivity contribution is -0.929. The van der Waals surface area contributed by atoms with Gasteiger partial charge in [-0.05, 0) is 44.9 Å². The van der Waals surface area contributed by atoms with Gasteiger partial charge in [0, 0.05) is 25.2 Å². The lowest BCUT2D eigenvalue weighted by Crippen LogP contribution is -2.51. The van der Waals surface area contributed by atoms with Crippen LogP contribution in [-0.4, -0.2) is 58.8 Å². The molecule has 222 valence electrons. The van der Waals surface area contributed by atoms with Gasteiger partial charge in [0.15, 0.2) is 0 Å². The number of carbonyl (C=O) groups is 3. The Balaban J connectivity index is 4.27. The third-order valence-electron chi connectivity index (χ3n) is 7.45. The van der Waals surface area contributed by atoms with Gasteiger partial charge in [0.05, 0.1) is 39.0 Å². The van der Waals surface area contributed by atoms with E-state index in [-0.39, 0.29) is 19.3 Å². The van der Waals surface area contributed by atoms with Crippen LogP contribution in [0.25, 0.3) is 0 Å². The zero-order chi connectivity index (χ0) is 28.3. The van der Waals surface area contributed by atoms with Crippen molar-refractivity contribution in [2.45, 2.75) is 142 Å². The molecule has 0 saturated heterocycles. The molecule has 7 heteroatoms. The fourth-order valence-corrected chi connectivity index (χ4v) is 5.23. The quantitative estimate of drug-likeness (QED) is 0.0638. The molecule has 0 rings (SSSR count). The fourth-order valence-electron chi connectivity index (χ4n) is 5.23. The molecule has 0 aromatic carbocycles. The lowest BCUT2D eigenvalue weighted by Gasteiger charge is -2.39. The number of hydrogen-bond donors (Lipinski definition) is 2. The second-order valence-corrected chi connectivity index (χ2v) is 11.0. The van der Waals surface area contributed by atoms with E-state index in [1.54, 1.807) is 0 Å². The first-order valence-corrected chi connectivity index (χ1v) is 15.4. The van der Waals surface area contributed by atoms with Gasteiger partial charge in [0.1, 0.15) is 0 Å². The molecule has 0 aliphatic rings. The van der Waals surface area contributed by atoms with Crippen LogP contribution in [0.4, 0.5) is 0 Å². The van der Waals surface area contributed by atoms with Gasteiger partial charge in [-0.1, -0.05) is 76.9 Å². The van der Waals surface area contributed by atoms with Crippen LogP contribution in [0.15, 0.2) is 12.2 Å². The molecule has 0 aliphatic heterocycles. The molecule has 7 nitrogen and oxygen atoms in total. The van der Waals surface area contributed by atoms with Gasteiger partial charge in [-0.3, -0.25) is 9.59 Å². The third-order valence-corrected chi connectivity index (χ3v) is 7.45. The number of nitrogens with zero attached hydrogens (tertiary/aromatic N) is 1. The number of carboxylic acid groups (broad SMARTS) is 3. The van der Waals surface area contributed by atoms with Crippen LogP contribution in [0.5, 0.6) is 0 Å². The predicted octanol–water partition coefficient (Wildman–Crippen LogP) is 6.49. The smallest absolute Gasteiger partial charge is 0.303 e. The van der Waals surface area contributed by atoms with E-state index in [4.69, 9.17) is 10.2 Å². The summed E-state index contributed by atoms with van der Waals surface area (Å²) >= 11 is 0. The number of allylic oxidation sites excluding steroid dienone is 2. The van der Waals surface area contributed by atoms with Crippen LogP contribution in [0.2, 0.25) is 0 Å². The summed E-state index contributed by atoms with van der Waals surface area (Å²) in [5, 5.41) is 29.1. The molecule has 0 fully saturated rings. The minimum Gasteiger partial charge on any atom is -0.550 e. The second kappa shape index (κ2) is 25.4. The Kier molecular flexibility index (Phi) is 24.1. The van der Waals surface area contributed by atoms with Gasteiger partial charge in [0.25, 0.3) is 0 Å². The van der Waals surface area contributed by atoms with E-state index in [1.807, 2.05) is 0 Å². The highest BCUT2D eigenvalue weighted by Gasteiger charge is 2.26. The summed E-state index contributed by atoms with van der Waals surface area (Å²) in [6.45, 7) is 5.00. The van der Waals surface area contributed by atoms with Crippen LogP contribution in [-0.2, 0) is 14.4 Å². The summed E-state index contributed by atoms with van der Waals surface area (Å²) in [5.74, 6) is -2.75. The molecular formula is C31H57NO6. The SMILES string of the molecule is CCCCCCCCCC/C=C/CCCCCCC[N+](CCCC(=O)[O-])(CCCC(=O)O)CCCC(=O)O. The number of carbonyl (C=O) groups excluding carboxylic acids is 1. The second-order valence-electron chi connectivity index (χ2n) is 11.0. The Morgan fingerprint density at radius 1 is 0.553 bits per heavy atom. The van der Waals surface area contributed by atoms with Crippen molar-refractivity contribution < 1.29 is 34.2 Å². The van der Waals surface area contributed by atoms with Gasteiger partial charge in [-0.2, -0.15) is 0 Å². The molecule has 0 unspecified atom stereocenters. The number of unbranched alkanes of at least 4 members (excludes halogenated alkanes) is 13. The first-order chi connectivity index (χ1) is 18.3. The maximum atomic E-state index is 11.0. The predicted molar refractivity (Wildman–Crippen MR) is 152 cm³/mol. The van der Waals surface area contributed by atoms with Crippen molar-refractivity contribution in [2.75, 3.05) is 26.2 Å². The van der Waals surface area contributed by atoms with Gasteiger partial charge >= 0.3 is 11.9 Å². The Labute approximate surface area is 232 Å². The number of quaternary nitrogens is 1. The standard InChI is InChI=1S/C31H57NO6/c1-2-3-4-5-6-7-8-9-10-11-12-13-14-15-16-17-18-25-32(26-19-22-29(33)34,27-20-23-30(35)36)28-21-24-31(37)38/h11-12H,2-10,13-28H2,1H3,(H2-,33,34,35,36,37,38)/b12-11+. The molecule has 0 aliphatic carbocycles. The molecule has 0 amide bonds. The Hall–Kier alpha value is -1.89. The molecule has 0 saturated carbocycles. The number of rotatable bonds is 29. The van der Waals surface area contributed by atoms with Crippen molar-refractivity contribution in [3.8, 4) is 0 Å². The van der Waals surface area contributed by atoms with Crippen molar-refractivity contribution in [1.29, 1.82) is 0 Å². The summed E-state index contributed by atoms with van der Waals surface area (Å²) in [7, 11) is 0. The summed E-state index contributed by atoms with van der Waals surface area (Å²) in [4.78, 5) is 33.0. The van der Waals surface area contributed by atoms with Crippen LogP contribution < -0.4 is 5.11 Å². The van der Waals surface area contributed by atoms with E-state index < -0.39 is 17.9 Å². The molecule has 2 N–H and O–H groups in total. The number of hydrogen-bond acceptors (Lipinski definition) is 4. The first kappa shape index (κ1) is 36.1. The third kappa shape index (κ3) is 24.4. The molecule has 0 bridgehead atoms. The Bertz CT molecular complexity index is 584. The van der Waals surface area contributed by atoms with Gasteiger partial charge in [-0.15, -0.1) is 0 Å². The summed E-state index contributed by atoms with van der Waals surface area (Å²) in [6.07, 6.45) is 25.1. The van der Waals surface area contributed by atoms with Gasteiger partial charge < -0.3 is 24.6 Å². The van der Waals surface area contributed by atoms with Gasteiger partial charge in [0.2, 0.25) is 0 Å². The van der Waals surface area contributed by atoms with Gasteiger partial charge in [-0.25, -0.2) is 0 Å². The highest BCUT2D eigenvalue weighted by molar-refractivity contribution is 5.66. The van der Waals surface area contributed by atoms with Crippen molar-refractivity contribution in [3.63, 3.8) is 0 Å². The van der Waals surface area contributed by atoms with Crippen molar-refractivity contribution >= 4 is 17.9 Å². The van der Waals surface area contributed by atoms with E-state index in [0.717, 1.165) is 32.2 Å². The number of carboxylic acids is 3. The van der Waals surface area contributed by atoms with Crippen LogP contribution in [0.1, 0.15) is 142 Å². The average Bonchev–Trinajstić information content (AvgIpc) is 2.85. The van der Waals surface area contributed by atoms with Crippen LogP contribution in [0, 0.1) is 0 Å².